The van der Waals surface area contributed by atoms with Crippen molar-refractivity contribution in [2.24, 2.45) is 11.8 Å². The number of halogens is 2. The second kappa shape index (κ2) is 3.55. The Kier molecular flexibility index (Phi) is 2.44. The van der Waals surface area contributed by atoms with E-state index in [1.165, 1.54) is 0 Å². The van der Waals surface area contributed by atoms with Crippen LogP contribution in [0, 0.1) is 11.8 Å². The topological polar surface area (TPSA) is 83.8 Å². The Balaban J connectivity index is 2.06. The van der Waals surface area contributed by atoms with Crippen molar-refractivity contribution in [3.05, 3.63) is 11.3 Å². The van der Waals surface area contributed by atoms with E-state index in [1.807, 2.05) is 0 Å². The number of ketones is 1. The van der Waals surface area contributed by atoms with Gasteiger partial charge >= 0.3 is 5.97 Å². The molecule has 2 aliphatic heterocycles. The zero-order valence-corrected chi connectivity index (χ0v) is 11.5. The maximum Gasteiger partial charge on any atom is 0.342 e. The highest BCUT2D eigenvalue weighted by molar-refractivity contribution is 9.12. The van der Waals surface area contributed by atoms with Crippen molar-refractivity contribution in [3.8, 4) is 0 Å². The minimum absolute atomic E-state index is 0.0307. The first-order valence-electron chi connectivity index (χ1n) is 5.09. The average Bonchev–Trinajstić information content (AvgIpc) is 2.83. The van der Waals surface area contributed by atoms with E-state index in [1.54, 1.807) is 0 Å². The molecule has 3 aliphatic rings. The summed E-state index contributed by atoms with van der Waals surface area (Å²) in [5.41, 5.74) is -0.473. The van der Waals surface area contributed by atoms with Gasteiger partial charge < -0.3 is 14.9 Å². The second-order valence-corrected chi connectivity index (χ2v) is 6.55. The molecule has 1 aliphatic carbocycles. The minimum Gasteiger partial charge on any atom is -0.511 e. The lowest BCUT2D eigenvalue weighted by Crippen LogP contribution is -2.42. The Morgan fingerprint density at radius 3 is 2.24 bits per heavy atom. The Morgan fingerprint density at radius 2 is 1.71 bits per heavy atom. The Hall–Kier alpha value is -0.400. The molecule has 0 spiro atoms. The Morgan fingerprint density at radius 1 is 1.18 bits per heavy atom. The largest absolute Gasteiger partial charge is 0.511 e. The van der Waals surface area contributed by atoms with E-state index in [-0.39, 0.29) is 27.6 Å². The zero-order chi connectivity index (χ0) is 12.5. The standard InChI is InChI=1S/C10H8Br2O5/c11-4-5(12)9-2-1(8(4)17-9)6(13)3(7(2)14)10(15)16/h1-2,4-5,8-9,13H,(H,15,16). The molecule has 92 valence electrons. The maximum atomic E-state index is 12.0. The summed E-state index contributed by atoms with van der Waals surface area (Å²) in [7, 11) is 0. The van der Waals surface area contributed by atoms with Crippen molar-refractivity contribution >= 4 is 43.6 Å². The van der Waals surface area contributed by atoms with Crippen LogP contribution in [0.5, 0.6) is 0 Å². The number of aliphatic hydroxyl groups is 1. The molecule has 3 rings (SSSR count). The summed E-state index contributed by atoms with van der Waals surface area (Å²) in [6.07, 6.45) is -0.726. The van der Waals surface area contributed by atoms with Crippen LogP contribution in [0.1, 0.15) is 0 Å². The number of alkyl halides is 2. The first-order valence-corrected chi connectivity index (χ1v) is 6.92. The molecule has 7 heteroatoms. The van der Waals surface area contributed by atoms with Crippen LogP contribution in [-0.4, -0.2) is 43.8 Å². The fraction of sp³-hybridized carbons (Fsp3) is 0.600. The highest BCUT2D eigenvalue weighted by atomic mass is 79.9. The van der Waals surface area contributed by atoms with Crippen LogP contribution in [-0.2, 0) is 14.3 Å². The number of Topliss-reactive ketones (excluding diaryl/α,β-unsaturated/α-hetero) is 1. The zero-order valence-electron chi connectivity index (χ0n) is 8.34. The van der Waals surface area contributed by atoms with Gasteiger partial charge in [0.05, 0.1) is 33.7 Å². The van der Waals surface area contributed by atoms with Crippen LogP contribution in [0.25, 0.3) is 0 Å². The number of aliphatic hydroxyl groups excluding tert-OH is 1. The molecule has 17 heavy (non-hydrogen) atoms. The van der Waals surface area contributed by atoms with Crippen molar-refractivity contribution in [1.29, 1.82) is 0 Å². The second-order valence-electron chi connectivity index (χ2n) is 4.44. The van der Waals surface area contributed by atoms with Gasteiger partial charge in [0, 0.05) is 0 Å². The fourth-order valence-corrected chi connectivity index (χ4v) is 4.49. The van der Waals surface area contributed by atoms with Gasteiger partial charge in [-0.15, -0.1) is 0 Å². The molecule has 0 aromatic heterocycles. The van der Waals surface area contributed by atoms with Crippen LogP contribution in [0.3, 0.4) is 0 Å². The number of hydrogen-bond acceptors (Lipinski definition) is 4. The molecule has 0 amide bonds. The summed E-state index contributed by atoms with van der Waals surface area (Å²) < 4.78 is 5.63. The lowest BCUT2D eigenvalue weighted by atomic mass is 9.80. The van der Waals surface area contributed by atoms with E-state index < -0.39 is 29.2 Å². The van der Waals surface area contributed by atoms with E-state index in [9.17, 15) is 14.7 Å². The molecule has 0 aromatic rings. The number of carboxylic acids is 1. The molecule has 0 aromatic carbocycles. The van der Waals surface area contributed by atoms with Gasteiger partial charge in [0.15, 0.2) is 5.78 Å². The predicted octanol–water partition coefficient (Wildman–Crippen LogP) is 1.01. The van der Waals surface area contributed by atoms with Crippen LogP contribution in [0.4, 0.5) is 0 Å². The number of rotatable bonds is 1. The molecular weight excluding hydrogens is 360 g/mol. The molecule has 0 saturated carbocycles. The molecule has 2 heterocycles. The van der Waals surface area contributed by atoms with Gasteiger partial charge in [0.1, 0.15) is 11.3 Å². The summed E-state index contributed by atoms with van der Waals surface area (Å²) in [6.45, 7) is 0. The first-order chi connectivity index (χ1) is 7.95. The SMILES string of the molecule is O=C(O)C1=C(O)C2C3OC(C(Br)C3Br)C2C1=O. The molecule has 2 bridgehead atoms. The molecule has 6 unspecified atom stereocenters. The lowest BCUT2D eigenvalue weighted by molar-refractivity contribution is -0.135. The highest BCUT2D eigenvalue weighted by Gasteiger charge is 2.66. The predicted molar refractivity (Wildman–Crippen MR) is 63.4 cm³/mol. The number of ether oxygens (including phenoxy) is 1. The number of carboxylic acid groups (broad SMARTS) is 1. The number of aliphatic carboxylic acids is 1. The third-order valence-corrected chi connectivity index (χ3v) is 6.57. The van der Waals surface area contributed by atoms with Gasteiger partial charge in [-0.25, -0.2) is 4.79 Å². The lowest BCUT2D eigenvalue weighted by Gasteiger charge is -2.27. The van der Waals surface area contributed by atoms with E-state index >= 15 is 0 Å². The van der Waals surface area contributed by atoms with Gasteiger partial charge in [0.25, 0.3) is 0 Å². The van der Waals surface area contributed by atoms with E-state index in [2.05, 4.69) is 31.9 Å². The Bertz CT molecular complexity index is 460. The van der Waals surface area contributed by atoms with Crippen molar-refractivity contribution in [1.82, 2.24) is 0 Å². The molecule has 0 radical (unpaired) electrons. The molecule has 6 atom stereocenters. The smallest absolute Gasteiger partial charge is 0.342 e. The number of fused-ring (bicyclic) bond motifs is 5. The number of hydrogen-bond donors (Lipinski definition) is 2. The van der Waals surface area contributed by atoms with Crippen molar-refractivity contribution < 1.29 is 24.5 Å². The first kappa shape index (κ1) is 11.7. The summed E-state index contributed by atoms with van der Waals surface area (Å²) in [4.78, 5) is 22.8. The minimum atomic E-state index is -1.36. The third kappa shape index (κ3) is 1.27. The molecule has 5 nitrogen and oxygen atoms in total. The van der Waals surface area contributed by atoms with E-state index in [0.29, 0.717) is 0 Å². The summed E-state index contributed by atoms with van der Waals surface area (Å²) >= 11 is 6.87. The van der Waals surface area contributed by atoms with Gasteiger partial charge in [-0.2, -0.15) is 0 Å². The van der Waals surface area contributed by atoms with Gasteiger partial charge in [-0.1, -0.05) is 31.9 Å². The highest BCUT2D eigenvalue weighted by Crippen LogP contribution is 2.55. The van der Waals surface area contributed by atoms with Crippen LogP contribution >= 0.6 is 31.9 Å². The Labute approximate surface area is 113 Å². The van der Waals surface area contributed by atoms with Gasteiger partial charge in [0.2, 0.25) is 0 Å². The average molecular weight is 368 g/mol. The third-order valence-electron chi connectivity index (χ3n) is 3.68. The maximum absolute atomic E-state index is 12.0. The van der Waals surface area contributed by atoms with Crippen molar-refractivity contribution in [2.75, 3.05) is 0 Å². The van der Waals surface area contributed by atoms with Crippen LogP contribution in [0.2, 0.25) is 0 Å². The molecule has 2 N–H and O–H groups in total. The van der Waals surface area contributed by atoms with Gasteiger partial charge in [-0.3, -0.25) is 4.79 Å². The summed E-state index contributed by atoms with van der Waals surface area (Å²) in [6, 6.07) is 0. The van der Waals surface area contributed by atoms with Gasteiger partial charge in [-0.05, 0) is 0 Å². The summed E-state index contributed by atoms with van der Waals surface area (Å²) in [5, 5.41) is 18.8. The normalized spacial score (nSPS) is 47.8. The quantitative estimate of drug-likeness (QED) is 0.533. The van der Waals surface area contributed by atoms with E-state index in [4.69, 9.17) is 9.84 Å². The van der Waals surface area contributed by atoms with Crippen LogP contribution in [0.15, 0.2) is 11.3 Å². The molecule has 2 saturated heterocycles. The molecule has 2 fully saturated rings. The fourth-order valence-electron chi connectivity index (χ4n) is 2.98. The van der Waals surface area contributed by atoms with E-state index in [0.717, 1.165) is 0 Å². The molecular formula is C10H8Br2O5. The van der Waals surface area contributed by atoms with Crippen LogP contribution < -0.4 is 0 Å². The summed E-state index contributed by atoms with van der Waals surface area (Å²) in [5.74, 6) is -3.29. The monoisotopic (exact) mass is 366 g/mol. The number of carbonyl (C=O) groups excluding carboxylic acids is 1. The van der Waals surface area contributed by atoms with Crippen molar-refractivity contribution in [3.63, 3.8) is 0 Å². The number of carbonyl (C=O) groups is 2. The van der Waals surface area contributed by atoms with Crippen molar-refractivity contribution in [2.45, 2.75) is 21.9 Å².